The Morgan fingerprint density at radius 2 is 1.93 bits per heavy atom. The van der Waals surface area contributed by atoms with Crippen LogP contribution in [0.1, 0.15) is 70.2 Å². The van der Waals surface area contributed by atoms with E-state index >= 15 is 0 Å². The van der Waals surface area contributed by atoms with Crippen molar-refractivity contribution >= 4 is 0 Å². The predicted octanol–water partition coefficient (Wildman–Crippen LogP) is 3.98. The predicted molar refractivity (Wildman–Crippen MR) is 108 cm³/mol. The Kier molecular flexibility index (Phi) is 5.62. The maximum Gasteiger partial charge on any atom is 0.0960 e. The monoisotopic (exact) mass is 368 g/mol. The van der Waals surface area contributed by atoms with Crippen molar-refractivity contribution in [1.82, 2.24) is 20.4 Å². The van der Waals surface area contributed by atoms with Gasteiger partial charge in [0.2, 0.25) is 0 Å². The minimum Gasteiger partial charge on any atom is -0.391 e. The fourth-order valence-corrected chi connectivity index (χ4v) is 4.74. The highest BCUT2D eigenvalue weighted by atomic mass is 16.3. The van der Waals surface area contributed by atoms with Gasteiger partial charge in [-0.3, -0.25) is 5.43 Å². The van der Waals surface area contributed by atoms with Gasteiger partial charge in [-0.05, 0) is 31.6 Å². The first-order chi connectivity index (χ1) is 13.1. The van der Waals surface area contributed by atoms with Crippen LogP contribution in [-0.4, -0.2) is 26.8 Å². The average Bonchev–Trinajstić information content (AvgIpc) is 3.29. The average molecular weight is 369 g/mol. The van der Waals surface area contributed by atoms with E-state index in [1.54, 1.807) is 0 Å². The van der Waals surface area contributed by atoms with Crippen LogP contribution in [0.4, 0.5) is 0 Å². The summed E-state index contributed by atoms with van der Waals surface area (Å²) >= 11 is 0. The summed E-state index contributed by atoms with van der Waals surface area (Å²) in [5.74, 6) is 0.668. The van der Waals surface area contributed by atoms with Crippen molar-refractivity contribution in [3.05, 3.63) is 42.4 Å². The molecule has 2 aliphatic rings. The van der Waals surface area contributed by atoms with Crippen LogP contribution in [0.25, 0.3) is 11.3 Å². The standard InChI is InChI=1S/C22H32N4O/c1-15(2)12-17-13-18(25-24-17)22-21(16-8-4-3-5-9-16)23-14-26(22)19-10-6-7-11-20(19)27/h3-5,8-9,14-15,17-20,24-25,27H,6-7,10-13H2,1-2H3/t17?,18?,19-,20-/m1/s1. The van der Waals surface area contributed by atoms with Crippen LogP contribution in [0.15, 0.2) is 36.7 Å². The third kappa shape index (κ3) is 3.96. The second-order valence-corrected chi connectivity index (χ2v) is 8.57. The molecule has 5 nitrogen and oxygen atoms in total. The topological polar surface area (TPSA) is 62.1 Å². The lowest BCUT2D eigenvalue weighted by Crippen LogP contribution is -2.33. The Hall–Kier alpha value is -1.69. The number of benzene rings is 1. The second-order valence-electron chi connectivity index (χ2n) is 8.57. The van der Waals surface area contributed by atoms with E-state index in [9.17, 15) is 5.11 Å². The van der Waals surface area contributed by atoms with Crippen LogP contribution in [0.2, 0.25) is 0 Å². The quantitative estimate of drug-likeness (QED) is 0.747. The molecule has 2 fully saturated rings. The van der Waals surface area contributed by atoms with Gasteiger partial charge < -0.3 is 9.67 Å². The van der Waals surface area contributed by atoms with E-state index in [4.69, 9.17) is 4.98 Å². The highest BCUT2D eigenvalue weighted by Crippen LogP contribution is 2.37. The zero-order valence-corrected chi connectivity index (χ0v) is 16.4. The number of nitrogens with zero attached hydrogens (tertiary/aromatic N) is 2. The van der Waals surface area contributed by atoms with Gasteiger partial charge in [0.1, 0.15) is 0 Å². The van der Waals surface area contributed by atoms with Gasteiger partial charge in [0.15, 0.2) is 0 Å². The first-order valence-corrected chi connectivity index (χ1v) is 10.4. The molecular formula is C22H32N4O. The Morgan fingerprint density at radius 3 is 2.67 bits per heavy atom. The number of hydrogen-bond acceptors (Lipinski definition) is 4. The summed E-state index contributed by atoms with van der Waals surface area (Å²) in [4.78, 5) is 4.81. The molecule has 1 aromatic heterocycles. The zero-order valence-electron chi connectivity index (χ0n) is 16.4. The molecule has 1 saturated carbocycles. The smallest absolute Gasteiger partial charge is 0.0960 e. The molecule has 4 rings (SSSR count). The minimum atomic E-state index is -0.281. The fourth-order valence-electron chi connectivity index (χ4n) is 4.74. The lowest BCUT2D eigenvalue weighted by atomic mass is 9.91. The van der Waals surface area contributed by atoms with E-state index < -0.39 is 0 Å². The molecular weight excluding hydrogens is 336 g/mol. The molecule has 4 atom stereocenters. The van der Waals surface area contributed by atoms with E-state index in [-0.39, 0.29) is 18.2 Å². The van der Waals surface area contributed by atoms with Crippen molar-refractivity contribution in [1.29, 1.82) is 0 Å². The molecule has 0 radical (unpaired) electrons. The number of rotatable bonds is 5. The molecule has 27 heavy (non-hydrogen) atoms. The molecule has 0 bridgehead atoms. The number of nitrogens with one attached hydrogen (secondary N) is 2. The molecule has 2 aromatic rings. The molecule has 1 aromatic carbocycles. The number of aliphatic hydroxyl groups is 1. The fraction of sp³-hybridized carbons (Fsp3) is 0.591. The number of hydrogen-bond donors (Lipinski definition) is 3. The zero-order chi connectivity index (χ0) is 18.8. The van der Waals surface area contributed by atoms with Crippen molar-refractivity contribution in [3.8, 4) is 11.3 Å². The summed E-state index contributed by atoms with van der Waals surface area (Å²) in [5, 5.41) is 10.7. The molecule has 2 heterocycles. The molecule has 1 aliphatic carbocycles. The van der Waals surface area contributed by atoms with E-state index in [1.165, 1.54) is 12.1 Å². The maximum atomic E-state index is 10.7. The number of aliphatic hydroxyl groups excluding tert-OH is 1. The van der Waals surface area contributed by atoms with Crippen molar-refractivity contribution < 1.29 is 5.11 Å². The number of hydrazine groups is 1. The van der Waals surface area contributed by atoms with Gasteiger partial charge >= 0.3 is 0 Å². The molecule has 1 saturated heterocycles. The van der Waals surface area contributed by atoms with Crippen LogP contribution < -0.4 is 10.9 Å². The summed E-state index contributed by atoms with van der Waals surface area (Å²) in [6.45, 7) is 4.54. The number of imidazole rings is 1. The van der Waals surface area contributed by atoms with Gasteiger partial charge in [0.25, 0.3) is 0 Å². The lowest BCUT2D eigenvalue weighted by Gasteiger charge is -2.31. The van der Waals surface area contributed by atoms with Crippen molar-refractivity contribution in [2.75, 3.05) is 0 Å². The Bertz CT molecular complexity index is 742. The van der Waals surface area contributed by atoms with Crippen molar-refractivity contribution in [3.63, 3.8) is 0 Å². The van der Waals surface area contributed by atoms with Gasteiger partial charge in [-0.25, -0.2) is 10.4 Å². The van der Waals surface area contributed by atoms with Crippen LogP contribution in [0, 0.1) is 5.92 Å². The molecule has 5 heteroatoms. The molecule has 1 aliphatic heterocycles. The SMILES string of the molecule is CC(C)CC1CC(c2c(-c3ccccc3)ncn2[C@@H]2CCCC[C@H]2O)NN1. The van der Waals surface area contributed by atoms with E-state index in [0.29, 0.717) is 12.0 Å². The third-order valence-electron chi connectivity index (χ3n) is 6.00. The third-order valence-corrected chi connectivity index (χ3v) is 6.00. The lowest BCUT2D eigenvalue weighted by molar-refractivity contribution is 0.0735. The Labute approximate surface area is 162 Å². The highest BCUT2D eigenvalue weighted by Gasteiger charge is 2.34. The summed E-state index contributed by atoms with van der Waals surface area (Å²) in [6.07, 6.45) is 8.07. The van der Waals surface area contributed by atoms with Crippen molar-refractivity contribution in [2.24, 2.45) is 5.92 Å². The van der Waals surface area contributed by atoms with Gasteiger partial charge in [-0.1, -0.05) is 57.0 Å². The Balaban J connectivity index is 1.69. The first-order valence-electron chi connectivity index (χ1n) is 10.4. The van der Waals surface area contributed by atoms with Gasteiger partial charge in [-0.2, -0.15) is 0 Å². The van der Waals surface area contributed by atoms with Gasteiger partial charge in [0, 0.05) is 11.6 Å². The summed E-state index contributed by atoms with van der Waals surface area (Å²) in [7, 11) is 0. The first kappa shape index (κ1) is 18.7. The van der Waals surface area contributed by atoms with E-state index in [1.807, 2.05) is 12.4 Å². The second kappa shape index (κ2) is 8.13. The summed E-state index contributed by atoms with van der Waals surface area (Å²) in [5.41, 5.74) is 10.4. The molecule has 2 unspecified atom stereocenters. The van der Waals surface area contributed by atoms with Crippen LogP contribution in [0.3, 0.4) is 0 Å². The normalized spacial score (nSPS) is 28.7. The van der Waals surface area contributed by atoms with Crippen LogP contribution >= 0.6 is 0 Å². The van der Waals surface area contributed by atoms with E-state index in [0.717, 1.165) is 43.4 Å². The summed E-state index contributed by atoms with van der Waals surface area (Å²) in [6, 6.07) is 11.2. The highest BCUT2D eigenvalue weighted by molar-refractivity contribution is 5.62. The van der Waals surface area contributed by atoms with Crippen molar-refractivity contribution in [2.45, 2.75) is 76.6 Å². The molecule has 0 amide bonds. The number of aromatic nitrogens is 2. The van der Waals surface area contributed by atoms with Crippen LogP contribution in [-0.2, 0) is 0 Å². The van der Waals surface area contributed by atoms with E-state index in [2.05, 4.69) is 53.5 Å². The molecule has 0 spiro atoms. The summed E-state index contributed by atoms with van der Waals surface area (Å²) < 4.78 is 2.27. The Morgan fingerprint density at radius 1 is 1.15 bits per heavy atom. The largest absolute Gasteiger partial charge is 0.391 e. The van der Waals surface area contributed by atoms with Crippen LogP contribution in [0.5, 0.6) is 0 Å². The maximum absolute atomic E-state index is 10.7. The van der Waals surface area contributed by atoms with Gasteiger partial charge in [-0.15, -0.1) is 0 Å². The minimum absolute atomic E-state index is 0.129. The molecule has 146 valence electrons. The molecule has 3 N–H and O–H groups in total. The van der Waals surface area contributed by atoms with Gasteiger partial charge in [0.05, 0.1) is 35.9 Å².